The Morgan fingerprint density at radius 1 is 1.24 bits per heavy atom. The highest BCUT2D eigenvalue weighted by Crippen LogP contribution is 2.45. The van der Waals surface area contributed by atoms with Crippen LogP contribution >= 0.6 is 11.3 Å². The lowest BCUT2D eigenvalue weighted by Crippen LogP contribution is -2.37. The Balaban J connectivity index is 1.86. The molecule has 1 amide bonds. The molecule has 2 heterocycles. The molecule has 1 aromatic heterocycles. The molecule has 1 atom stereocenters. The fourth-order valence-corrected chi connectivity index (χ4v) is 5.42. The first-order valence-corrected chi connectivity index (χ1v) is 11.0. The van der Waals surface area contributed by atoms with Crippen LogP contribution in [0.3, 0.4) is 0 Å². The van der Waals surface area contributed by atoms with E-state index in [1.54, 1.807) is 29.2 Å². The summed E-state index contributed by atoms with van der Waals surface area (Å²) in [5.74, 6) is -0.625. The molecule has 1 N–H and O–H groups in total. The normalized spacial score (nSPS) is 21.9. The lowest BCUT2D eigenvalue weighted by Gasteiger charge is -2.30. The molecule has 1 aromatic carbocycles. The number of hydrogen-bond acceptors (Lipinski definition) is 5. The second-order valence-electron chi connectivity index (χ2n) is 7.57. The smallest absolute Gasteiger partial charge is 0.295 e. The van der Waals surface area contributed by atoms with Crippen LogP contribution in [0.4, 0.5) is 0 Å². The van der Waals surface area contributed by atoms with Crippen LogP contribution in [-0.2, 0) is 9.59 Å². The van der Waals surface area contributed by atoms with E-state index in [-0.39, 0.29) is 17.4 Å². The molecule has 4 rings (SSSR count). The van der Waals surface area contributed by atoms with E-state index in [2.05, 4.69) is 0 Å². The molecule has 2 fully saturated rings. The minimum atomic E-state index is -0.603. The van der Waals surface area contributed by atoms with Crippen LogP contribution in [0, 0.1) is 6.92 Å². The van der Waals surface area contributed by atoms with Gasteiger partial charge in [0.05, 0.1) is 12.2 Å². The molecule has 1 saturated carbocycles. The quantitative estimate of drug-likeness (QED) is 0.435. The van der Waals surface area contributed by atoms with Crippen molar-refractivity contribution < 1.29 is 19.4 Å². The number of ether oxygens (including phenoxy) is 1. The molecule has 0 spiro atoms. The number of amides is 1. The fourth-order valence-electron chi connectivity index (χ4n) is 4.39. The summed E-state index contributed by atoms with van der Waals surface area (Å²) in [7, 11) is 0. The highest BCUT2D eigenvalue weighted by molar-refractivity contribution is 7.10. The maximum Gasteiger partial charge on any atom is 0.295 e. The number of carbonyl (C=O) groups excluding carboxylic acids is 2. The van der Waals surface area contributed by atoms with E-state index >= 15 is 0 Å². The maximum absolute atomic E-state index is 13.1. The van der Waals surface area contributed by atoms with Gasteiger partial charge in [-0.25, -0.2) is 0 Å². The van der Waals surface area contributed by atoms with Gasteiger partial charge in [-0.2, -0.15) is 0 Å². The topological polar surface area (TPSA) is 66.8 Å². The lowest BCUT2D eigenvalue weighted by molar-refractivity contribution is -0.141. The number of aliphatic hydroxyl groups is 1. The van der Waals surface area contributed by atoms with Crippen LogP contribution in [0.15, 0.2) is 41.3 Å². The van der Waals surface area contributed by atoms with Gasteiger partial charge in [-0.1, -0.05) is 25.0 Å². The third-order valence-corrected chi connectivity index (χ3v) is 6.84. The van der Waals surface area contributed by atoms with Crippen LogP contribution < -0.4 is 4.74 Å². The first kappa shape index (κ1) is 19.7. The van der Waals surface area contributed by atoms with Crippen molar-refractivity contribution in [2.24, 2.45) is 0 Å². The lowest BCUT2D eigenvalue weighted by atomic mass is 9.97. The van der Waals surface area contributed by atoms with Gasteiger partial charge in [0.25, 0.3) is 11.7 Å². The van der Waals surface area contributed by atoms with E-state index < -0.39 is 17.7 Å². The summed E-state index contributed by atoms with van der Waals surface area (Å²) in [6.45, 7) is 4.38. The number of likely N-dealkylation sites (tertiary alicyclic amines) is 1. The van der Waals surface area contributed by atoms with Crippen molar-refractivity contribution in [2.75, 3.05) is 6.61 Å². The van der Waals surface area contributed by atoms with E-state index in [1.165, 1.54) is 11.3 Å². The van der Waals surface area contributed by atoms with Gasteiger partial charge in [0.15, 0.2) is 0 Å². The van der Waals surface area contributed by atoms with Gasteiger partial charge >= 0.3 is 0 Å². The Bertz CT molecular complexity index is 971. The zero-order valence-electron chi connectivity index (χ0n) is 16.7. The van der Waals surface area contributed by atoms with Crippen LogP contribution in [0.1, 0.15) is 54.7 Å². The van der Waals surface area contributed by atoms with Crippen molar-refractivity contribution in [1.82, 2.24) is 4.90 Å². The molecule has 0 bridgehead atoms. The first-order chi connectivity index (χ1) is 14.0. The first-order valence-electron chi connectivity index (χ1n) is 10.1. The van der Waals surface area contributed by atoms with E-state index in [0.717, 1.165) is 36.1 Å². The molecule has 2 aromatic rings. The Morgan fingerprint density at radius 2 is 2.00 bits per heavy atom. The predicted octanol–water partition coefficient (Wildman–Crippen LogP) is 4.82. The van der Waals surface area contributed by atoms with E-state index in [0.29, 0.717) is 17.9 Å². The molecule has 5 nitrogen and oxygen atoms in total. The average Bonchev–Trinajstić information content (AvgIpc) is 3.43. The summed E-state index contributed by atoms with van der Waals surface area (Å²) < 4.78 is 5.53. The van der Waals surface area contributed by atoms with Gasteiger partial charge in [0.1, 0.15) is 17.6 Å². The SMILES string of the molecule is CCOc1cccc(/C(O)=C2/C(=O)C(=O)N(C3CCCC3)C2c2sccc2C)c1. The summed E-state index contributed by atoms with van der Waals surface area (Å²) in [4.78, 5) is 28.8. The van der Waals surface area contributed by atoms with Crippen LogP contribution in [0.2, 0.25) is 0 Å². The van der Waals surface area contributed by atoms with Gasteiger partial charge in [-0.3, -0.25) is 9.59 Å². The predicted molar refractivity (Wildman–Crippen MR) is 113 cm³/mol. The maximum atomic E-state index is 13.1. The number of Topliss-reactive ketones (excluding diaryl/α,β-unsaturated/α-hetero) is 1. The van der Waals surface area contributed by atoms with Crippen molar-refractivity contribution in [3.8, 4) is 5.75 Å². The highest BCUT2D eigenvalue weighted by atomic mass is 32.1. The van der Waals surface area contributed by atoms with Gasteiger partial charge in [-0.15, -0.1) is 11.3 Å². The van der Waals surface area contributed by atoms with Crippen molar-refractivity contribution in [2.45, 2.75) is 51.6 Å². The van der Waals surface area contributed by atoms with E-state index in [4.69, 9.17) is 4.74 Å². The summed E-state index contributed by atoms with van der Waals surface area (Å²) in [5, 5.41) is 13.1. The number of thiophene rings is 1. The molecule has 1 aliphatic carbocycles. The standard InChI is InChI=1S/C23H25NO4S/c1-3-28-17-10-6-7-15(13-17)20(25)18-19(22-14(2)11-12-29-22)24(23(27)21(18)26)16-8-4-5-9-16/h6-7,10-13,16,19,25H,3-5,8-9H2,1-2H3/b20-18-. The average molecular weight is 412 g/mol. The summed E-state index contributed by atoms with van der Waals surface area (Å²) in [6.07, 6.45) is 3.90. The van der Waals surface area contributed by atoms with Gasteiger partial charge < -0.3 is 14.7 Å². The second-order valence-corrected chi connectivity index (χ2v) is 8.52. The largest absolute Gasteiger partial charge is 0.507 e. The summed E-state index contributed by atoms with van der Waals surface area (Å²) in [5.41, 5.74) is 1.69. The fraction of sp³-hybridized carbons (Fsp3) is 0.391. The van der Waals surface area contributed by atoms with Crippen molar-refractivity contribution in [3.05, 3.63) is 57.3 Å². The zero-order valence-corrected chi connectivity index (χ0v) is 17.5. The number of aliphatic hydroxyl groups excluding tert-OH is 1. The van der Waals surface area contributed by atoms with Crippen molar-refractivity contribution in [1.29, 1.82) is 0 Å². The summed E-state index contributed by atoms with van der Waals surface area (Å²) in [6, 6.07) is 8.52. The van der Waals surface area contributed by atoms with Crippen LogP contribution in [-0.4, -0.2) is 34.3 Å². The third-order valence-electron chi connectivity index (χ3n) is 5.77. The Labute approximate surface area is 174 Å². The number of nitrogens with zero attached hydrogens (tertiary/aromatic N) is 1. The molecular weight excluding hydrogens is 386 g/mol. The minimum Gasteiger partial charge on any atom is -0.507 e. The van der Waals surface area contributed by atoms with Gasteiger partial charge in [0, 0.05) is 16.5 Å². The van der Waals surface area contributed by atoms with Crippen molar-refractivity contribution >= 4 is 28.8 Å². The molecule has 0 radical (unpaired) electrons. The molecule has 1 saturated heterocycles. The van der Waals surface area contributed by atoms with E-state index in [9.17, 15) is 14.7 Å². The molecule has 152 valence electrons. The highest BCUT2D eigenvalue weighted by Gasteiger charge is 2.50. The number of carbonyl (C=O) groups is 2. The third kappa shape index (κ3) is 3.46. The van der Waals surface area contributed by atoms with Crippen molar-refractivity contribution in [3.63, 3.8) is 0 Å². The molecule has 1 aliphatic heterocycles. The summed E-state index contributed by atoms with van der Waals surface area (Å²) >= 11 is 1.52. The van der Waals surface area contributed by atoms with Gasteiger partial charge in [-0.05, 0) is 55.8 Å². The number of benzene rings is 1. The van der Waals surface area contributed by atoms with E-state index in [1.807, 2.05) is 25.3 Å². The number of aryl methyl sites for hydroxylation is 1. The molecule has 29 heavy (non-hydrogen) atoms. The Hall–Kier alpha value is -2.60. The van der Waals surface area contributed by atoms with Crippen LogP contribution in [0.25, 0.3) is 5.76 Å². The Morgan fingerprint density at radius 3 is 2.66 bits per heavy atom. The molecule has 1 unspecified atom stereocenters. The molecular formula is C23H25NO4S. The number of ketones is 1. The minimum absolute atomic E-state index is 0.0398. The molecule has 6 heteroatoms. The Kier molecular flexibility index (Phi) is 5.46. The monoisotopic (exact) mass is 411 g/mol. The number of hydrogen-bond donors (Lipinski definition) is 1. The second kappa shape index (κ2) is 8.03. The van der Waals surface area contributed by atoms with Crippen LogP contribution in [0.5, 0.6) is 5.75 Å². The van der Waals surface area contributed by atoms with Gasteiger partial charge in [0.2, 0.25) is 0 Å². The zero-order chi connectivity index (χ0) is 20.5. The number of rotatable bonds is 5. The molecule has 2 aliphatic rings.